The van der Waals surface area contributed by atoms with Gasteiger partial charge in [0.2, 0.25) is 5.91 Å². The van der Waals surface area contributed by atoms with E-state index in [4.69, 9.17) is 4.74 Å². The van der Waals surface area contributed by atoms with Crippen LogP contribution in [0.1, 0.15) is 25.8 Å². The van der Waals surface area contributed by atoms with Gasteiger partial charge in [0, 0.05) is 13.0 Å². The van der Waals surface area contributed by atoms with E-state index in [2.05, 4.69) is 11.9 Å². The summed E-state index contributed by atoms with van der Waals surface area (Å²) in [6, 6.07) is 7.83. The van der Waals surface area contributed by atoms with Crippen molar-refractivity contribution in [1.29, 1.82) is 0 Å². The van der Waals surface area contributed by atoms with Crippen LogP contribution in [0.2, 0.25) is 0 Å². The van der Waals surface area contributed by atoms with E-state index in [0.29, 0.717) is 26.0 Å². The van der Waals surface area contributed by atoms with Crippen LogP contribution in [0.3, 0.4) is 0 Å². The van der Waals surface area contributed by atoms with E-state index in [9.17, 15) is 4.79 Å². The number of amides is 1. The van der Waals surface area contributed by atoms with Crippen LogP contribution in [0, 0.1) is 0 Å². The molecule has 0 heterocycles. The Bertz CT molecular complexity index is 413. The molecule has 0 spiro atoms. The predicted octanol–water partition coefficient (Wildman–Crippen LogP) is 2.71. The van der Waals surface area contributed by atoms with Crippen LogP contribution >= 0.6 is 0 Å². The van der Waals surface area contributed by atoms with Gasteiger partial charge in [0.1, 0.15) is 5.75 Å². The van der Waals surface area contributed by atoms with Crippen molar-refractivity contribution < 1.29 is 9.53 Å². The van der Waals surface area contributed by atoms with E-state index >= 15 is 0 Å². The lowest BCUT2D eigenvalue weighted by Crippen LogP contribution is -2.25. The fraction of sp³-hybridized carbons (Fsp3) is 0.400. The summed E-state index contributed by atoms with van der Waals surface area (Å²) >= 11 is 0. The first-order valence-corrected chi connectivity index (χ1v) is 6.25. The van der Waals surface area contributed by atoms with Gasteiger partial charge in [0.15, 0.2) is 0 Å². The Morgan fingerprint density at radius 1 is 1.39 bits per heavy atom. The average molecular weight is 247 g/mol. The fourth-order valence-corrected chi connectivity index (χ4v) is 1.59. The summed E-state index contributed by atoms with van der Waals surface area (Å²) in [4.78, 5) is 11.6. The normalized spacial score (nSPS) is 9.89. The van der Waals surface area contributed by atoms with E-state index in [1.807, 2.05) is 38.1 Å². The van der Waals surface area contributed by atoms with Crippen molar-refractivity contribution in [3.8, 4) is 5.75 Å². The van der Waals surface area contributed by atoms with Crippen molar-refractivity contribution in [3.05, 3.63) is 42.0 Å². The van der Waals surface area contributed by atoms with Crippen molar-refractivity contribution >= 4 is 5.91 Å². The molecule has 1 aromatic rings. The summed E-state index contributed by atoms with van der Waals surface area (Å²) in [5, 5.41) is 2.82. The number of benzene rings is 1. The third-order valence-corrected chi connectivity index (χ3v) is 2.48. The molecule has 0 aliphatic heterocycles. The third kappa shape index (κ3) is 5.04. The van der Waals surface area contributed by atoms with Crippen LogP contribution in [0.5, 0.6) is 5.75 Å². The minimum absolute atomic E-state index is 0.0456. The number of hydrogen-bond acceptors (Lipinski definition) is 2. The highest BCUT2D eigenvalue weighted by Gasteiger charge is 2.06. The molecule has 0 radical (unpaired) electrons. The van der Waals surface area contributed by atoms with Crippen molar-refractivity contribution in [2.24, 2.45) is 0 Å². The predicted molar refractivity (Wildman–Crippen MR) is 73.8 cm³/mol. The summed E-state index contributed by atoms with van der Waals surface area (Å²) in [5.41, 5.74) is 2.03. The van der Waals surface area contributed by atoms with Gasteiger partial charge in [-0.25, -0.2) is 0 Å². The van der Waals surface area contributed by atoms with Crippen molar-refractivity contribution in [1.82, 2.24) is 5.32 Å². The maximum atomic E-state index is 11.6. The molecule has 98 valence electrons. The number of nitrogens with one attached hydrogen (secondary N) is 1. The van der Waals surface area contributed by atoms with Gasteiger partial charge in [0.25, 0.3) is 0 Å². The van der Waals surface area contributed by atoms with Crippen LogP contribution in [0.4, 0.5) is 0 Å². The zero-order valence-electron chi connectivity index (χ0n) is 11.2. The van der Waals surface area contributed by atoms with Crippen molar-refractivity contribution in [3.63, 3.8) is 0 Å². The van der Waals surface area contributed by atoms with E-state index < -0.39 is 0 Å². The molecule has 0 saturated carbocycles. The van der Waals surface area contributed by atoms with Crippen LogP contribution < -0.4 is 10.1 Å². The number of ether oxygens (including phenoxy) is 1. The van der Waals surface area contributed by atoms with Gasteiger partial charge in [-0.15, -0.1) is 0 Å². The molecular formula is C15H21NO2. The summed E-state index contributed by atoms with van der Waals surface area (Å²) in [7, 11) is 0. The second kappa shape index (κ2) is 7.54. The lowest BCUT2D eigenvalue weighted by atomic mass is 10.1. The molecule has 1 aromatic carbocycles. The van der Waals surface area contributed by atoms with Crippen molar-refractivity contribution in [2.45, 2.75) is 26.7 Å². The number of carbonyl (C=O) groups is 1. The smallest absolute Gasteiger partial charge is 0.220 e. The lowest BCUT2D eigenvalue weighted by Gasteiger charge is -2.10. The first kappa shape index (κ1) is 14.3. The Hall–Kier alpha value is -1.77. The second-order valence-corrected chi connectivity index (χ2v) is 4.27. The fourth-order valence-electron chi connectivity index (χ4n) is 1.59. The monoisotopic (exact) mass is 247 g/mol. The summed E-state index contributed by atoms with van der Waals surface area (Å²) in [6.45, 7) is 8.78. The molecule has 1 rings (SSSR count). The van der Waals surface area contributed by atoms with E-state index in [1.165, 1.54) is 0 Å². The molecule has 1 N–H and O–H groups in total. The molecule has 0 unspecified atom stereocenters. The number of rotatable bonds is 7. The SMILES string of the molecule is C=C(C)CNC(=O)CCc1ccccc1OCC. The molecule has 0 atom stereocenters. The Balaban J connectivity index is 2.47. The first-order chi connectivity index (χ1) is 8.63. The highest BCUT2D eigenvalue weighted by molar-refractivity contribution is 5.76. The minimum atomic E-state index is 0.0456. The maximum absolute atomic E-state index is 11.6. The van der Waals surface area contributed by atoms with Gasteiger partial charge < -0.3 is 10.1 Å². The molecule has 0 aromatic heterocycles. The molecule has 0 aliphatic rings. The number of hydrogen-bond donors (Lipinski definition) is 1. The van der Waals surface area contributed by atoms with E-state index in [1.54, 1.807) is 0 Å². The standard InChI is InChI=1S/C15H21NO2/c1-4-18-14-8-6-5-7-13(14)9-10-15(17)16-11-12(2)3/h5-8H,2,4,9-11H2,1,3H3,(H,16,17). The van der Waals surface area contributed by atoms with Crippen molar-refractivity contribution in [2.75, 3.05) is 13.2 Å². The van der Waals surface area contributed by atoms with Gasteiger partial charge in [-0.1, -0.05) is 30.4 Å². The number of aryl methyl sites for hydroxylation is 1. The quantitative estimate of drug-likeness (QED) is 0.752. The zero-order chi connectivity index (χ0) is 13.4. The molecule has 3 nitrogen and oxygen atoms in total. The summed E-state index contributed by atoms with van der Waals surface area (Å²) in [6.07, 6.45) is 1.16. The molecule has 0 bridgehead atoms. The van der Waals surface area contributed by atoms with Crippen LogP contribution in [0.15, 0.2) is 36.4 Å². The summed E-state index contributed by atoms with van der Waals surface area (Å²) < 4.78 is 5.52. The average Bonchev–Trinajstić information content (AvgIpc) is 2.35. The maximum Gasteiger partial charge on any atom is 0.220 e. The summed E-state index contributed by atoms with van der Waals surface area (Å²) in [5.74, 6) is 0.914. The largest absolute Gasteiger partial charge is 0.494 e. The zero-order valence-corrected chi connectivity index (χ0v) is 11.2. The molecule has 18 heavy (non-hydrogen) atoms. The molecular weight excluding hydrogens is 226 g/mol. The Labute approximate surface area is 109 Å². The molecule has 3 heteroatoms. The van der Waals surface area contributed by atoms with E-state index in [-0.39, 0.29) is 5.91 Å². The highest BCUT2D eigenvalue weighted by atomic mass is 16.5. The topological polar surface area (TPSA) is 38.3 Å². The molecule has 0 fully saturated rings. The Morgan fingerprint density at radius 2 is 2.11 bits per heavy atom. The van der Waals surface area contributed by atoms with Crippen LogP contribution in [-0.4, -0.2) is 19.1 Å². The number of carbonyl (C=O) groups excluding carboxylic acids is 1. The van der Waals surface area contributed by atoms with E-state index in [0.717, 1.165) is 16.9 Å². The van der Waals surface area contributed by atoms with Gasteiger partial charge in [-0.2, -0.15) is 0 Å². The van der Waals surface area contributed by atoms with Crippen LogP contribution in [0.25, 0.3) is 0 Å². The third-order valence-electron chi connectivity index (χ3n) is 2.48. The second-order valence-electron chi connectivity index (χ2n) is 4.27. The minimum Gasteiger partial charge on any atom is -0.494 e. The van der Waals surface area contributed by atoms with Gasteiger partial charge >= 0.3 is 0 Å². The van der Waals surface area contributed by atoms with Gasteiger partial charge in [0.05, 0.1) is 6.61 Å². The molecule has 1 amide bonds. The Kier molecular flexibility index (Phi) is 5.98. The van der Waals surface area contributed by atoms with Crippen LogP contribution in [-0.2, 0) is 11.2 Å². The molecule has 0 saturated heterocycles. The first-order valence-electron chi connectivity index (χ1n) is 6.25. The highest BCUT2D eigenvalue weighted by Crippen LogP contribution is 2.19. The van der Waals surface area contributed by atoms with Gasteiger partial charge in [-0.3, -0.25) is 4.79 Å². The lowest BCUT2D eigenvalue weighted by molar-refractivity contribution is -0.120. The number of para-hydroxylation sites is 1. The Morgan fingerprint density at radius 3 is 2.78 bits per heavy atom. The molecule has 0 aliphatic carbocycles. The van der Waals surface area contributed by atoms with Gasteiger partial charge in [-0.05, 0) is 31.9 Å².